The highest BCUT2D eigenvalue weighted by Crippen LogP contribution is 2.13. The van der Waals surface area contributed by atoms with E-state index in [-0.39, 0.29) is 18.5 Å². The summed E-state index contributed by atoms with van der Waals surface area (Å²) in [6.45, 7) is 6.71. The van der Waals surface area contributed by atoms with E-state index >= 15 is 0 Å². The molecule has 2 heterocycles. The summed E-state index contributed by atoms with van der Waals surface area (Å²) in [5, 5.41) is 3.15. The molecule has 0 spiro atoms. The fraction of sp³-hybridized carbons (Fsp3) is 0.538. The van der Waals surface area contributed by atoms with Gasteiger partial charge < -0.3 is 10.2 Å². The number of carbonyl (C=O) groups excluding carboxylic acids is 4. The van der Waals surface area contributed by atoms with Gasteiger partial charge in [0, 0.05) is 32.2 Å². The molecule has 0 aromatic rings. The topological polar surface area (TPSA) is 90.0 Å². The summed E-state index contributed by atoms with van der Waals surface area (Å²) in [6, 6.07) is -0.778. The molecule has 0 aromatic carbocycles. The molecule has 5 amide bonds. The number of rotatable bonds is 4. The van der Waals surface area contributed by atoms with Crippen molar-refractivity contribution in [3.05, 3.63) is 12.7 Å². The van der Waals surface area contributed by atoms with Crippen LogP contribution in [-0.4, -0.2) is 77.2 Å². The van der Waals surface area contributed by atoms with Gasteiger partial charge in [-0.3, -0.25) is 19.3 Å². The van der Waals surface area contributed by atoms with Crippen LogP contribution < -0.4 is 5.32 Å². The van der Waals surface area contributed by atoms with Crippen molar-refractivity contribution < 1.29 is 19.2 Å². The molecule has 1 N–H and O–H groups in total. The van der Waals surface area contributed by atoms with E-state index in [2.05, 4.69) is 11.9 Å². The Kier molecular flexibility index (Phi) is 4.37. The molecule has 8 nitrogen and oxygen atoms in total. The molecule has 2 fully saturated rings. The molecule has 2 aliphatic rings. The van der Waals surface area contributed by atoms with Crippen molar-refractivity contribution in [2.24, 2.45) is 0 Å². The molecule has 1 atom stereocenters. The van der Waals surface area contributed by atoms with Gasteiger partial charge in [-0.15, -0.1) is 6.58 Å². The van der Waals surface area contributed by atoms with Gasteiger partial charge in [0.1, 0.15) is 6.54 Å². The van der Waals surface area contributed by atoms with Crippen LogP contribution in [-0.2, 0) is 14.4 Å². The molecule has 0 unspecified atom stereocenters. The maximum absolute atomic E-state index is 12.2. The van der Waals surface area contributed by atoms with Crippen LogP contribution in [0.25, 0.3) is 0 Å². The van der Waals surface area contributed by atoms with E-state index in [0.717, 1.165) is 4.90 Å². The van der Waals surface area contributed by atoms with Gasteiger partial charge in [-0.2, -0.15) is 0 Å². The third-order valence-corrected chi connectivity index (χ3v) is 3.56. The molecule has 2 aliphatic heterocycles. The third kappa shape index (κ3) is 2.80. The summed E-state index contributed by atoms with van der Waals surface area (Å²) in [5.41, 5.74) is 0. The van der Waals surface area contributed by atoms with Gasteiger partial charge in [0.25, 0.3) is 0 Å². The largest absolute Gasteiger partial charge is 0.336 e. The van der Waals surface area contributed by atoms with Crippen molar-refractivity contribution in [1.82, 2.24) is 20.0 Å². The smallest absolute Gasteiger partial charge is 0.335 e. The van der Waals surface area contributed by atoms with Gasteiger partial charge in [0.2, 0.25) is 5.91 Å². The predicted molar refractivity (Wildman–Crippen MR) is 73.1 cm³/mol. The van der Waals surface area contributed by atoms with Crippen molar-refractivity contribution in [3.63, 3.8) is 0 Å². The second kappa shape index (κ2) is 6.04. The van der Waals surface area contributed by atoms with Crippen LogP contribution in [0.15, 0.2) is 12.7 Å². The zero-order valence-corrected chi connectivity index (χ0v) is 11.9. The minimum Gasteiger partial charge on any atom is -0.336 e. The number of nitrogens with one attached hydrogen (secondary N) is 1. The molecule has 0 saturated carbocycles. The van der Waals surface area contributed by atoms with Gasteiger partial charge >= 0.3 is 17.8 Å². The Labute approximate surface area is 122 Å². The number of carbonyl (C=O) groups is 4. The second-order valence-electron chi connectivity index (χ2n) is 5.02. The van der Waals surface area contributed by atoms with E-state index in [9.17, 15) is 19.2 Å². The number of nitrogens with zero attached hydrogens (tertiary/aromatic N) is 3. The zero-order chi connectivity index (χ0) is 15.6. The summed E-state index contributed by atoms with van der Waals surface area (Å²) >= 11 is 0. The van der Waals surface area contributed by atoms with E-state index in [1.54, 1.807) is 4.90 Å². The third-order valence-electron chi connectivity index (χ3n) is 3.56. The molecular formula is C13H18N4O4. The standard InChI is InChI=1S/C13H18N4O4/c1-3-5-16-11(19)12(20)17(13(16)21)8-10(18)15-6-4-14-7-9(15)2/h3,9,14H,1,4-8H2,2H3/t9-/m1/s1. The first kappa shape index (κ1) is 15.2. The highest BCUT2D eigenvalue weighted by Gasteiger charge is 2.45. The van der Waals surface area contributed by atoms with Gasteiger partial charge in [-0.1, -0.05) is 6.08 Å². The summed E-state index contributed by atoms with van der Waals surface area (Å²) in [7, 11) is 0. The summed E-state index contributed by atoms with van der Waals surface area (Å²) in [6.07, 6.45) is 1.35. The van der Waals surface area contributed by atoms with Crippen LogP contribution in [0.5, 0.6) is 0 Å². The zero-order valence-electron chi connectivity index (χ0n) is 11.9. The maximum Gasteiger partial charge on any atom is 0.335 e. The van der Waals surface area contributed by atoms with Crippen LogP contribution in [0.2, 0.25) is 0 Å². The van der Waals surface area contributed by atoms with Crippen LogP contribution in [0.3, 0.4) is 0 Å². The number of hydrogen-bond acceptors (Lipinski definition) is 5. The number of hydrogen-bond donors (Lipinski definition) is 1. The van der Waals surface area contributed by atoms with Gasteiger partial charge in [0.05, 0.1) is 0 Å². The first-order chi connectivity index (χ1) is 9.97. The van der Waals surface area contributed by atoms with Gasteiger partial charge in [0.15, 0.2) is 0 Å². The second-order valence-corrected chi connectivity index (χ2v) is 5.02. The average molecular weight is 294 g/mol. The maximum atomic E-state index is 12.2. The fourth-order valence-electron chi connectivity index (χ4n) is 2.42. The lowest BCUT2D eigenvalue weighted by molar-refractivity contribution is -0.145. The molecule has 0 aliphatic carbocycles. The van der Waals surface area contributed by atoms with E-state index in [1.807, 2.05) is 6.92 Å². The minimum absolute atomic E-state index is 0.0148. The van der Waals surface area contributed by atoms with Crippen molar-refractivity contribution >= 4 is 23.8 Å². The number of urea groups is 1. The van der Waals surface area contributed by atoms with Crippen LogP contribution in [0.4, 0.5) is 4.79 Å². The van der Waals surface area contributed by atoms with Crippen molar-refractivity contribution in [1.29, 1.82) is 0 Å². The van der Waals surface area contributed by atoms with Crippen molar-refractivity contribution in [2.45, 2.75) is 13.0 Å². The summed E-state index contributed by atoms with van der Waals surface area (Å²) in [5.74, 6) is -2.21. The Bertz CT molecular complexity index is 504. The lowest BCUT2D eigenvalue weighted by atomic mass is 10.2. The van der Waals surface area contributed by atoms with E-state index < -0.39 is 24.4 Å². The number of amides is 5. The molecular weight excluding hydrogens is 276 g/mol. The summed E-state index contributed by atoms with van der Waals surface area (Å²) in [4.78, 5) is 50.8. The highest BCUT2D eigenvalue weighted by atomic mass is 16.2. The minimum atomic E-state index is -0.960. The molecule has 8 heteroatoms. The SMILES string of the molecule is C=CCN1C(=O)C(=O)N(CC(=O)N2CCNC[C@H]2C)C1=O. The molecule has 21 heavy (non-hydrogen) atoms. The molecule has 114 valence electrons. The van der Waals surface area contributed by atoms with E-state index in [0.29, 0.717) is 24.5 Å². The molecule has 0 bridgehead atoms. The first-order valence-corrected chi connectivity index (χ1v) is 6.75. The Morgan fingerprint density at radius 2 is 2.00 bits per heavy atom. The molecule has 2 rings (SSSR count). The average Bonchev–Trinajstić information content (AvgIpc) is 2.66. The van der Waals surface area contributed by atoms with Crippen LogP contribution in [0, 0.1) is 0 Å². The predicted octanol–water partition coefficient (Wildman–Crippen LogP) is -1.22. The normalized spacial score (nSPS) is 23.0. The lowest BCUT2D eigenvalue weighted by Gasteiger charge is -2.34. The Morgan fingerprint density at radius 3 is 2.62 bits per heavy atom. The highest BCUT2D eigenvalue weighted by molar-refractivity contribution is 6.45. The first-order valence-electron chi connectivity index (χ1n) is 6.75. The Morgan fingerprint density at radius 1 is 1.33 bits per heavy atom. The Balaban J connectivity index is 2.06. The van der Waals surface area contributed by atoms with Gasteiger partial charge in [-0.25, -0.2) is 9.69 Å². The molecule has 2 saturated heterocycles. The van der Waals surface area contributed by atoms with Crippen molar-refractivity contribution in [3.8, 4) is 0 Å². The molecule has 0 radical (unpaired) electrons. The van der Waals surface area contributed by atoms with E-state index in [1.165, 1.54) is 6.08 Å². The fourth-order valence-corrected chi connectivity index (χ4v) is 2.42. The molecule has 0 aromatic heterocycles. The van der Waals surface area contributed by atoms with Crippen LogP contribution >= 0.6 is 0 Å². The monoisotopic (exact) mass is 294 g/mol. The number of imide groups is 2. The summed E-state index contributed by atoms with van der Waals surface area (Å²) < 4.78 is 0. The van der Waals surface area contributed by atoms with Crippen LogP contribution in [0.1, 0.15) is 6.92 Å². The quantitative estimate of drug-likeness (QED) is 0.399. The number of piperazine rings is 1. The van der Waals surface area contributed by atoms with E-state index in [4.69, 9.17) is 0 Å². The van der Waals surface area contributed by atoms with Gasteiger partial charge in [-0.05, 0) is 6.92 Å². The Hall–Kier alpha value is -2.22. The lowest BCUT2D eigenvalue weighted by Crippen LogP contribution is -2.55. The van der Waals surface area contributed by atoms with Crippen molar-refractivity contribution in [2.75, 3.05) is 32.7 Å².